The molecule has 3 heterocycles. The molecule has 3 aromatic rings. The third-order valence-corrected chi connectivity index (χ3v) is 5.02. The quantitative estimate of drug-likeness (QED) is 0.302. The smallest absolute Gasteiger partial charge is 0.276 e. The number of aromatic nitrogens is 3. The first kappa shape index (κ1) is 19.8. The van der Waals surface area contributed by atoms with Gasteiger partial charge in [0.1, 0.15) is 17.3 Å². The Balaban J connectivity index is 1.74. The van der Waals surface area contributed by atoms with Crippen LogP contribution >= 0.6 is 11.3 Å². The lowest BCUT2D eigenvalue weighted by Crippen LogP contribution is -2.21. The van der Waals surface area contributed by atoms with Crippen LogP contribution in [0.3, 0.4) is 0 Å². The van der Waals surface area contributed by atoms with Crippen LogP contribution in [-0.4, -0.2) is 20.9 Å². The van der Waals surface area contributed by atoms with E-state index in [4.69, 9.17) is 15.9 Å². The van der Waals surface area contributed by atoms with Crippen LogP contribution in [0.15, 0.2) is 31.7 Å². The predicted octanol–water partition coefficient (Wildman–Crippen LogP) is 3.02. The van der Waals surface area contributed by atoms with E-state index in [1.807, 2.05) is 24.4 Å². The molecule has 0 aliphatic carbocycles. The first-order valence-electron chi connectivity index (χ1n) is 9.19. The van der Waals surface area contributed by atoms with E-state index in [9.17, 15) is 4.79 Å². The summed E-state index contributed by atoms with van der Waals surface area (Å²) in [4.78, 5) is 28.0. The fourth-order valence-corrected chi connectivity index (χ4v) is 3.61. The molecule has 8 nitrogen and oxygen atoms in total. The van der Waals surface area contributed by atoms with Crippen molar-refractivity contribution in [2.45, 2.75) is 46.0 Å². The number of hydrogen-bond donors (Lipinski definition) is 3. The van der Waals surface area contributed by atoms with Crippen LogP contribution in [0, 0.1) is 6.92 Å². The van der Waals surface area contributed by atoms with Crippen LogP contribution in [0.1, 0.15) is 49.0 Å². The van der Waals surface area contributed by atoms with Gasteiger partial charge in [0.15, 0.2) is 11.7 Å². The highest BCUT2D eigenvalue weighted by molar-refractivity contribution is 7.13. The first-order chi connectivity index (χ1) is 13.5. The van der Waals surface area contributed by atoms with E-state index in [0.29, 0.717) is 34.6 Å². The van der Waals surface area contributed by atoms with Crippen LogP contribution in [0.4, 0.5) is 5.13 Å². The summed E-state index contributed by atoms with van der Waals surface area (Å²) in [7, 11) is 0. The standard InChI is InChI=1S/C19H24N6O2S/c1-3-4-5-6-13-11(2)22-16(24-17(13)26)9-12-7-8-15(27-12)14-10-28-19(23-14)25-18(20)21/h7-8,10H,3-6,9H2,1-2H3,(H,22,24,26)(H4,20,21,23,25). The highest BCUT2D eigenvalue weighted by Crippen LogP contribution is 2.28. The summed E-state index contributed by atoms with van der Waals surface area (Å²) < 4.78 is 5.85. The summed E-state index contributed by atoms with van der Waals surface area (Å²) in [5.41, 5.74) is 12.9. The number of nitrogens with one attached hydrogen (secondary N) is 1. The van der Waals surface area contributed by atoms with Crippen molar-refractivity contribution in [3.8, 4) is 11.5 Å². The Kier molecular flexibility index (Phi) is 6.25. The number of aromatic amines is 1. The highest BCUT2D eigenvalue weighted by Gasteiger charge is 2.12. The second kappa shape index (κ2) is 8.83. The molecule has 0 radical (unpaired) electrons. The summed E-state index contributed by atoms with van der Waals surface area (Å²) in [6.45, 7) is 4.06. The molecule has 5 N–H and O–H groups in total. The summed E-state index contributed by atoms with van der Waals surface area (Å²) in [6.07, 6.45) is 4.39. The molecule has 0 saturated carbocycles. The molecular formula is C19H24N6O2S. The number of aryl methyl sites for hydroxylation is 1. The Labute approximate surface area is 166 Å². The largest absolute Gasteiger partial charge is 0.459 e. The number of nitrogens with two attached hydrogens (primary N) is 2. The number of nitrogens with zero attached hydrogens (tertiary/aromatic N) is 3. The molecule has 0 bridgehead atoms. The van der Waals surface area contributed by atoms with Gasteiger partial charge < -0.3 is 20.9 Å². The predicted molar refractivity (Wildman–Crippen MR) is 111 cm³/mol. The number of rotatable bonds is 8. The van der Waals surface area contributed by atoms with Crippen LogP contribution < -0.4 is 17.0 Å². The number of hydrogen-bond acceptors (Lipinski definition) is 6. The Morgan fingerprint density at radius 2 is 2.11 bits per heavy atom. The van der Waals surface area contributed by atoms with Crippen molar-refractivity contribution >= 4 is 22.4 Å². The van der Waals surface area contributed by atoms with Gasteiger partial charge in [0.05, 0.1) is 6.42 Å². The lowest BCUT2D eigenvalue weighted by Gasteiger charge is -2.07. The van der Waals surface area contributed by atoms with Crippen molar-refractivity contribution in [3.63, 3.8) is 0 Å². The average Bonchev–Trinajstić information content (AvgIpc) is 3.26. The van der Waals surface area contributed by atoms with Gasteiger partial charge in [-0.05, 0) is 31.9 Å². The summed E-state index contributed by atoms with van der Waals surface area (Å²) >= 11 is 1.32. The normalized spacial score (nSPS) is 10.9. The van der Waals surface area contributed by atoms with Crippen molar-refractivity contribution in [3.05, 3.63) is 50.7 Å². The molecule has 0 aromatic carbocycles. The van der Waals surface area contributed by atoms with Crippen molar-refractivity contribution < 1.29 is 4.42 Å². The molecule has 0 aliphatic heterocycles. The lowest BCUT2D eigenvalue weighted by molar-refractivity contribution is 0.528. The highest BCUT2D eigenvalue weighted by atomic mass is 32.1. The number of H-pyrrole nitrogens is 1. The van der Waals surface area contributed by atoms with Crippen molar-refractivity contribution in [2.75, 3.05) is 0 Å². The molecule has 0 aliphatic rings. The topological polar surface area (TPSA) is 136 Å². The van der Waals surface area contributed by atoms with Gasteiger partial charge in [-0.3, -0.25) is 4.79 Å². The maximum Gasteiger partial charge on any atom is 0.276 e. The van der Waals surface area contributed by atoms with E-state index in [0.717, 1.165) is 36.9 Å². The molecule has 0 amide bonds. The summed E-state index contributed by atoms with van der Waals surface area (Å²) in [5.74, 6) is 1.85. The number of guanidine groups is 1. The van der Waals surface area contributed by atoms with Crippen LogP contribution in [0.5, 0.6) is 0 Å². The summed E-state index contributed by atoms with van der Waals surface area (Å²) in [5, 5.41) is 2.29. The lowest BCUT2D eigenvalue weighted by atomic mass is 10.1. The molecular weight excluding hydrogens is 376 g/mol. The number of aliphatic imine (C=N–C) groups is 1. The Bertz CT molecular complexity index is 1030. The number of unbranched alkanes of at least 4 members (excludes halogenated alkanes) is 2. The molecule has 0 atom stereocenters. The van der Waals surface area contributed by atoms with E-state index in [2.05, 4.69) is 26.9 Å². The molecule has 148 valence electrons. The Hall–Kier alpha value is -2.94. The first-order valence-corrected chi connectivity index (χ1v) is 10.1. The molecule has 3 aromatic heterocycles. The van der Waals surface area contributed by atoms with Crippen LogP contribution in [0.2, 0.25) is 0 Å². The third kappa shape index (κ3) is 4.86. The SMILES string of the molecule is CCCCCc1c(C)[nH]c(Cc2ccc(-c3csc(N=C(N)N)n3)o2)nc1=O. The Morgan fingerprint density at radius 3 is 2.82 bits per heavy atom. The van der Waals surface area contributed by atoms with Crippen molar-refractivity contribution in [2.24, 2.45) is 16.5 Å². The van der Waals surface area contributed by atoms with E-state index < -0.39 is 0 Å². The molecule has 3 rings (SSSR count). The third-order valence-electron chi connectivity index (χ3n) is 4.28. The van der Waals surface area contributed by atoms with Crippen molar-refractivity contribution in [1.29, 1.82) is 0 Å². The fourth-order valence-electron chi connectivity index (χ4n) is 2.92. The zero-order valence-electron chi connectivity index (χ0n) is 16.0. The molecule has 0 fully saturated rings. The minimum Gasteiger partial charge on any atom is -0.459 e. The molecule has 0 saturated heterocycles. The molecule has 28 heavy (non-hydrogen) atoms. The summed E-state index contributed by atoms with van der Waals surface area (Å²) in [6, 6.07) is 3.67. The van der Waals surface area contributed by atoms with Crippen molar-refractivity contribution in [1.82, 2.24) is 15.0 Å². The zero-order chi connectivity index (χ0) is 20.1. The van der Waals surface area contributed by atoms with Crippen LogP contribution in [-0.2, 0) is 12.8 Å². The van der Waals surface area contributed by atoms with Gasteiger partial charge in [-0.2, -0.15) is 9.98 Å². The van der Waals surface area contributed by atoms with E-state index in [1.165, 1.54) is 11.3 Å². The molecule has 0 unspecified atom stereocenters. The zero-order valence-corrected chi connectivity index (χ0v) is 16.8. The van der Waals surface area contributed by atoms with Gasteiger partial charge in [0.25, 0.3) is 5.56 Å². The number of thiazole rings is 1. The Morgan fingerprint density at radius 1 is 1.29 bits per heavy atom. The second-order valence-electron chi connectivity index (χ2n) is 6.54. The fraction of sp³-hybridized carbons (Fsp3) is 0.368. The van der Waals surface area contributed by atoms with E-state index >= 15 is 0 Å². The average molecular weight is 401 g/mol. The van der Waals surface area contributed by atoms with Gasteiger partial charge in [0.2, 0.25) is 5.13 Å². The van der Waals surface area contributed by atoms with Gasteiger partial charge in [-0.15, -0.1) is 11.3 Å². The number of furan rings is 1. The monoisotopic (exact) mass is 400 g/mol. The van der Waals surface area contributed by atoms with Gasteiger partial charge >= 0.3 is 0 Å². The van der Waals surface area contributed by atoms with Gasteiger partial charge in [-0.1, -0.05) is 19.8 Å². The van der Waals surface area contributed by atoms with Crippen LogP contribution in [0.25, 0.3) is 11.5 Å². The molecule has 0 spiro atoms. The minimum absolute atomic E-state index is 0.0374. The minimum atomic E-state index is -0.157. The maximum absolute atomic E-state index is 12.4. The van der Waals surface area contributed by atoms with Gasteiger partial charge in [0, 0.05) is 16.6 Å². The van der Waals surface area contributed by atoms with E-state index in [1.54, 1.807) is 0 Å². The second-order valence-corrected chi connectivity index (χ2v) is 7.38. The molecule has 9 heteroatoms. The maximum atomic E-state index is 12.4. The van der Waals surface area contributed by atoms with Gasteiger partial charge in [-0.25, -0.2) is 4.98 Å². The van der Waals surface area contributed by atoms with E-state index in [-0.39, 0.29) is 11.5 Å².